The summed E-state index contributed by atoms with van der Waals surface area (Å²) >= 11 is 0. The minimum absolute atomic E-state index is 1.36. The molecule has 0 radical (unpaired) electrons. The quantitative estimate of drug-likeness (QED) is 0.257. The highest BCUT2D eigenvalue weighted by molar-refractivity contribution is 7.70. The van der Waals surface area contributed by atoms with Crippen LogP contribution in [0.2, 0.25) is 0 Å². The molecule has 0 fully saturated rings. The zero-order valence-electron chi connectivity index (χ0n) is 8.07. The van der Waals surface area contributed by atoms with Crippen molar-refractivity contribution in [3.8, 4) is 0 Å². The Labute approximate surface area is 94.2 Å². The van der Waals surface area contributed by atoms with Gasteiger partial charge in [0.05, 0.1) is 0 Å². The Balaban J connectivity index is 5.27. The van der Waals surface area contributed by atoms with Crippen molar-refractivity contribution < 1.29 is 48.5 Å². The number of carbonyl (C=O) groups is 2. The molecule has 0 atom stereocenters. The second-order valence-electron chi connectivity index (χ2n) is 3.12. The number of carboxylic acid groups (broad SMARTS) is 2. The number of aliphatic carboxylic acids is 2. The van der Waals surface area contributed by atoms with Crippen LogP contribution >= 0.6 is 15.2 Å². The predicted molar refractivity (Wildman–Crippen MR) is 51.3 cm³/mol. The van der Waals surface area contributed by atoms with Gasteiger partial charge in [-0.1, -0.05) is 0 Å². The molecule has 0 aromatic carbocycles. The third-order valence-corrected chi connectivity index (χ3v) is 5.60. The maximum absolute atomic E-state index is 10.8. The lowest BCUT2D eigenvalue weighted by Gasteiger charge is -2.20. The van der Waals surface area contributed by atoms with E-state index in [0.29, 0.717) is 0 Å². The summed E-state index contributed by atoms with van der Waals surface area (Å²) in [6.45, 7) is 0. The van der Waals surface area contributed by atoms with Crippen LogP contribution in [0.25, 0.3) is 0 Å². The molecular formula is C5H10O10P2. The fraction of sp³-hybridized carbons (Fsp3) is 0.600. The van der Waals surface area contributed by atoms with Gasteiger partial charge in [0.1, 0.15) is 0 Å². The third-order valence-electron chi connectivity index (χ3n) is 1.82. The van der Waals surface area contributed by atoms with Crippen LogP contribution in [0.15, 0.2) is 0 Å². The second kappa shape index (κ2) is 5.26. The smallest absolute Gasteiger partial charge is 0.340 e. The predicted octanol–water partition coefficient (Wildman–Crippen LogP) is -1.16. The number of hydrogen-bond donors (Lipinski definition) is 6. The molecule has 0 aromatic rings. The second-order valence-corrected chi connectivity index (χ2v) is 7.13. The highest BCUT2D eigenvalue weighted by Gasteiger charge is 2.47. The van der Waals surface area contributed by atoms with Crippen LogP contribution in [-0.4, -0.2) is 47.1 Å². The van der Waals surface area contributed by atoms with E-state index in [9.17, 15) is 18.7 Å². The van der Waals surface area contributed by atoms with E-state index in [4.69, 9.17) is 29.8 Å². The first-order chi connectivity index (χ1) is 7.37. The zero-order valence-corrected chi connectivity index (χ0v) is 9.86. The average molecular weight is 292 g/mol. The molecule has 0 aliphatic carbocycles. The van der Waals surface area contributed by atoms with Gasteiger partial charge in [-0.05, 0) is 6.42 Å². The van der Waals surface area contributed by atoms with Crippen molar-refractivity contribution >= 4 is 27.1 Å². The number of hydrogen-bond acceptors (Lipinski definition) is 4. The van der Waals surface area contributed by atoms with E-state index in [0.717, 1.165) is 0 Å². The molecule has 0 saturated carbocycles. The van der Waals surface area contributed by atoms with E-state index in [-0.39, 0.29) is 0 Å². The van der Waals surface area contributed by atoms with Crippen LogP contribution in [0.5, 0.6) is 0 Å². The first kappa shape index (κ1) is 16.2. The SMILES string of the molecule is O=C(O)C(CC(P(=O)(O)O)P(=O)(O)O)C(=O)O. The Hall–Kier alpha value is -0.760. The molecular weight excluding hydrogens is 282 g/mol. The van der Waals surface area contributed by atoms with Crippen molar-refractivity contribution in [3.63, 3.8) is 0 Å². The normalized spacial score (nSPS) is 13.1. The van der Waals surface area contributed by atoms with Crippen molar-refractivity contribution in [2.24, 2.45) is 5.92 Å². The molecule has 100 valence electrons. The van der Waals surface area contributed by atoms with Crippen LogP contribution in [0.3, 0.4) is 0 Å². The summed E-state index contributed by atoms with van der Waals surface area (Å²) in [5, 5.41) is 14.2. The molecule has 17 heavy (non-hydrogen) atoms. The van der Waals surface area contributed by atoms with Crippen molar-refractivity contribution in [1.82, 2.24) is 0 Å². The molecule has 0 aromatic heterocycles. The summed E-state index contributed by atoms with van der Waals surface area (Å²) in [6.07, 6.45) is -1.36. The van der Waals surface area contributed by atoms with E-state index in [1.165, 1.54) is 0 Å². The lowest BCUT2D eigenvalue weighted by molar-refractivity contribution is -0.154. The molecule has 10 nitrogen and oxygen atoms in total. The first-order valence-electron chi connectivity index (χ1n) is 3.93. The fourth-order valence-electron chi connectivity index (χ4n) is 0.989. The molecule has 0 unspecified atom stereocenters. The van der Waals surface area contributed by atoms with E-state index in [2.05, 4.69) is 0 Å². The third kappa shape index (κ3) is 4.95. The standard InChI is InChI=1S/C5H10O10P2/c6-4(7)2(5(8)9)1-3(16(10,11)12)17(13,14)15/h2-3H,1H2,(H,6,7)(H,8,9)(H2,10,11,12)(H2,13,14,15). The molecule has 12 heteroatoms. The van der Waals surface area contributed by atoms with Crippen molar-refractivity contribution in [1.29, 1.82) is 0 Å². The zero-order chi connectivity index (χ0) is 14.0. The molecule has 0 saturated heterocycles. The number of carboxylic acids is 2. The van der Waals surface area contributed by atoms with E-state index in [1.807, 2.05) is 0 Å². The Morgan fingerprint density at radius 2 is 1.18 bits per heavy atom. The summed E-state index contributed by atoms with van der Waals surface area (Å²) in [6, 6.07) is 0. The summed E-state index contributed by atoms with van der Waals surface area (Å²) in [4.78, 5) is 55.5. The lowest BCUT2D eigenvalue weighted by Crippen LogP contribution is -2.28. The van der Waals surface area contributed by atoms with Crippen LogP contribution in [0.1, 0.15) is 6.42 Å². The Bertz CT molecular complexity index is 367. The van der Waals surface area contributed by atoms with Gasteiger partial charge < -0.3 is 29.8 Å². The molecule has 0 spiro atoms. The highest BCUT2D eigenvalue weighted by Crippen LogP contribution is 2.62. The van der Waals surface area contributed by atoms with Gasteiger partial charge in [0, 0.05) is 0 Å². The molecule has 0 amide bonds. The van der Waals surface area contributed by atoms with Crippen LogP contribution in [0, 0.1) is 5.92 Å². The molecule has 6 N–H and O–H groups in total. The van der Waals surface area contributed by atoms with Gasteiger partial charge in [-0.2, -0.15) is 0 Å². The van der Waals surface area contributed by atoms with E-state index >= 15 is 0 Å². The van der Waals surface area contributed by atoms with Gasteiger partial charge in [-0.25, -0.2) is 0 Å². The van der Waals surface area contributed by atoms with Gasteiger partial charge in [-0.15, -0.1) is 0 Å². The summed E-state index contributed by atoms with van der Waals surface area (Å²) < 4.78 is 21.6. The number of rotatable bonds is 6. The summed E-state index contributed by atoms with van der Waals surface area (Å²) in [7, 11) is -10.6. The van der Waals surface area contributed by atoms with Gasteiger partial charge >= 0.3 is 27.1 Å². The Morgan fingerprint density at radius 3 is 1.35 bits per heavy atom. The highest BCUT2D eigenvalue weighted by atomic mass is 31.2. The minimum atomic E-state index is -5.32. The summed E-state index contributed by atoms with van der Waals surface area (Å²) in [5.41, 5.74) is 0. The lowest BCUT2D eigenvalue weighted by atomic mass is 10.1. The van der Waals surface area contributed by atoms with Crippen molar-refractivity contribution in [3.05, 3.63) is 0 Å². The van der Waals surface area contributed by atoms with Crippen LogP contribution in [-0.2, 0) is 18.7 Å². The fourth-order valence-corrected chi connectivity index (χ4v) is 3.53. The average Bonchev–Trinajstić information content (AvgIpc) is 1.96. The van der Waals surface area contributed by atoms with Gasteiger partial charge in [0.2, 0.25) is 0 Å². The molecule has 0 bridgehead atoms. The Kier molecular flexibility index (Phi) is 5.02. The van der Waals surface area contributed by atoms with E-state index < -0.39 is 44.9 Å². The largest absolute Gasteiger partial charge is 0.481 e. The van der Waals surface area contributed by atoms with Gasteiger partial charge in [-0.3, -0.25) is 18.7 Å². The van der Waals surface area contributed by atoms with Crippen molar-refractivity contribution in [2.45, 2.75) is 11.8 Å². The molecule has 0 rings (SSSR count). The monoisotopic (exact) mass is 292 g/mol. The summed E-state index contributed by atoms with van der Waals surface area (Å²) in [5.74, 6) is -6.19. The van der Waals surface area contributed by atoms with Crippen LogP contribution < -0.4 is 0 Å². The molecule has 0 heterocycles. The maximum atomic E-state index is 10.8. The maximum Gasteiger partial charge on any atom is 0.340 e. The first-order valence-corrected chi connectivity index (χ1v) is 7.29. The van der Waals surface area contributed by atoms with Gasteiger partial charge in [0.15, 0.2) is 11.3 Å². The minimum Gasteiger partial charge on any atom is -0.481 e. The molecule has 0 aliphatic rings. The molecule has 0 aliphatic heterocycles. The van der Waals surface area contributed by atoms with Gasteiger partial charge in [0.25, 0.3) is 0 Å². The van der Waals surface area contributed by atoms with Crippen molar-refractivity contribution in [2.75, 3.05) is 0 Å². The topological polar surface area (TPSA) is 190 Å². The van der Waals surface area contributed by atoms with Crippen LogP contribution in [0.4, 0.5) is 0 Å². The van der Waals surface area contributed by atoms with E-state index in [1.54, 1.807) is 0 Å². The Morgan fingerprint density at radius 1 is 0.882 bits per heavy atom.